The zero-order valence-electron chi connectivity index (χ0n) is 8.96. The summed E-state index contributed by atoms with van der Waals surface area (Å²) in [4.78, 5) is 7.88. The Morgan fingerprint density at radius 2 is 2.11 bits per heavy atom. The van der Waals surface area contributed by atoms with Crippen molar-refractivity contribution >= 4 is 51.8 Å². The van der Waals surface area contributed by atoms with E-state index in [-0.39, 0.29) is 5.95 Å². The molecule has 0 amide bonds. The van der Waals surface area contributed by atoms with E-state index >= 15 is 0 Å². The Morgan fingerprint density at radius 1 is 1.22 bits per heavy atom. The number of hydrogen-bond donors (Lipinski definition) is 2. The molecule has 8 heteroatoms. The third-order valence-electron chi connectivity index (χ3n) is 2.30. The maximum Gasteiger partial charge on any atom is 0.221 e. The number of nitrogens with zero attached hydrogens (tertiary/aromatic N) is 4. The van der Waals surface area contributed by atoms with Crippen LogP contribution in [0.1, 0.15) is 0 Å². The highest BCUT2D eigenvalue weighted by Crippen LogP contribution is 2.31. The summed E-state index contributed by atoms with van der Waals surface area (Å²) in [6.45, 7) is 0. The molecular formula is C10H7ClN6S. The fourth-order valence-electron chi connectivity index (χ4n) is 1.52. The lowest BCUT2D eigenvalue weighted by Crippen LogP contribution is -1.99. The van der Waals surface area contributed by atoms with Crippen LogP contribution >= 0.6 is 23.3 Å². The molecule has 0 saturated carbocycles. The number of nitrogen functional groups attached to an aromatic ring is 1. The molecular weight excluding hydrogens is 272 g/mol. The van der Waals surface area contributed by atoms with Crippen LogP contribution in [0.25, 0.3) is 11.0 Å². The summed E-state index contributed by atoms with van der Waals surface area (Å²) in [6, 6.07) is 5.28. The van der Waals surface area contributed by atoms with Gasteiger partial charge in [0.15, 0.2) is 0 Å². The number of benzene rings is 1. The van der Waals surface area contributed by atoms with Gasteiger partial charge in [0.2, 0.25) is 5.95 Å². The molecule has 3 aromatic rings. The first-order valence-corrected chi connectivity index (χ1v) is 6.11. The van der Waals surface area contributed by atoms with Gasteiger partial charge in [-0.25, -0.2) is 4.98 Å². The molecule has 0 saturated heterocycles. The minimum atomic E-state index is 0.194. The molecule has 1 aromatic carbocycles. The Hall–Kier alpha value is -1.99. The fourth-order valence-corrected chi connectivity index (χ4v) is 2.26. The minimum Gasteiger partial charge on any atom is -0.368 e. The summed E-state index contributed by atoms with van der Waals surface area (Å²) in [5, 5.41) is 3.63. The van der Waals surface area contributed by atoms with Crippen molar-refractivity contribution in [3.05, 3.63) is 29.4 Å². The molecule has 0 aliphatic heterocycles. The zero-order chi connectivity index (χ0) is 12.5. The number of anilines is 3. The highest BCUT2D eigenvalue weighted by molar-refractivity contribution is 7.00. The molecule has 90 valence electrons. The molecule has 0 spiro atoms. The van der Waals surface area contributed by atoms with Crippen LogP contribution in [-0.2, 0) is 0 Å². The van der Waals surface area contributed by atoms with Gasteiger partial charge in [0.05, 0.1) is 22.4 Å². The molecule has 0 unspecified atom stereocenters. The van der Waals surface area contributed by atoms with Gasteiger partial charge in [-0.15, -0.1) is 0 Å². The van der Waals surface area contributed by atoms with E-state index in [4.69, 9.17) is 17.3 Å². The highest BCUT2D eigenvalue weighted by atomic mass is 35.5. The first-order chi connectivity index (χ1) is 8.74. The number of nitrogens with one attached hydrogen (secondary N) is 1. The smallest absolute Gasteiger partial charge is 0.221 e. The summed E-state index contributed by atoms with van der Waals surface area (Å²) < 4.78 is 8.36. The van der Waals surface area contributed by atoms with Crippen molar-refractivity contribution in [3.8, 4) is 0 Å². The molecule has 6 nitrogen and oxygen atoms in total. The molecule has 2 aromatic heterocycles. The van der Waals surface area contributed by atoms with Gasteiger partial charge in [-0.05, 0) is 18.2 Å². The largest absolute Gasteiger partial charge is 0.368 e. The monoisotopic (exact) mass is 278 g/mol. The quantitative estimate of drug-likeness (QED) is 0.748. The maximum atomic E-state index is 6.15. The van der Waals surface area contributed by atoms with Gasteiger partial charge < -0.3 is 11.1 Å². The molecule has 0 aliphatic rings. The second kappa shape index (κ2) is 4.35. The van der Waals surface area contributed by atoms with Crippen LogP contribution in [0.4, 0.5) is 17.5 Å². The normalized spacial score (nSPS) is 10.7. The van der Waals surface area contributed by atoms with Gasteiger partial charge in [0.25, 0.3) is 0 Å². The molecule has 0 atom stereocenters. The lowest BCUT2D eigenvalue weighted by Gasteiger charge is -2.07. The van der Waals surface area contributed by atoms with E-state index in [2.05, 4.69) is 24.0 Å². The molecule has 18 heavy (non-hydrogen) atoms. The average molecular weight is 279 g/mol. The molecule has 0 bridgehead atoms. The van der Waals surface area contributed by atoms with Crippen LogP contribution in [0.2, 0.25) is 5.02 Å². The zero-order valence-corrected chi connectivity index (χ0v) is 10.5. The van der Waals surface area contributed by atoms with Gasteiger partial charge in [0.1, 0.15) is 16.9 Å². The SMILES string of the molecule is Nc1nccc(Nc2c(Cl)ccc3nsnc23)n1. The first kappa shape index (κ1) is 11.1. The Balaban J connectivity index is 2.09. The van der Waals surface area contributed by atoms with Crippen LogP contribution < -0.4 is 11.1 Å². The number of fused-ring (bicyclic) bond motifs is 1. The number of halogens is 1. The van der Waals surface area contributed by atoms with Crippen LogP contribution in [0.15, 0.2) is 24.4 Å². The molecule has 3 rings (SSSR count). The second-order valence-corrected chi connectivity index (χ2v) is 4.42. The third-order valence-corrected chi connectivity index (χ3v) is 3.16. The lowest BCUT2D eigenvalue weighted by atomic mass is 10.2. The Bertz CT molecular complexity index is 712. The molecule has 0 fully saturated rings. The van der Waals surface area contributed by atoms with Crippen LogP contribution in [0.5, 0.6) is 0 Å². The van der Waals surface area contributed by atoms with Gasteiger partial charge in [-0.3, -0.25) is 0 Å². The topological polar surface area (TPSA) is 89.6 Å². The second-order valence-electron chi connectivity index (χ2n) is 3.48. The van der Waals surface area contributed by atoms with Crippen LogP contribution in [0, 0.1) is 0 Å². The average Bonchev–Trinajstić information content (AvgIpc) is 2.81. The minimum absolute atomic E-state index is 0.194. The van der Waals surface area contributed by atoms with Gasteiger partial charge in [-0.1, -0.05) is 11.6 Å². The third kappa shape index (κ3) is 1.93. The van der Waals surface area contributed by atoms with Crippen molar-refractivity contribution in [2.75, 3.05) is 11.1 Å². The van der Waals surface area contributed by atoms with Crippen molar-refractivity contribution in [1.82, 2.24) is 18.7 Å². The van der Waals surface area contributed by atoms with E-state index in [1.165, 1.54) is 0 Å². The highest BCUT2D eigenvalue weighted by Gasteiger charge is 2.10. The number of rotatable bonds is 2. The maximum absolute atomic E-state index is 6.15. The number of aromatic nitrogens is 4. The Morgan fingerprint density at radius 3 is 2.94 bits per heavy atom. The van der Waals surface area contributed by atoms with E-state index in [0.717, 1.165) is 17.2 Å². The predicted molar refractivity (Wildman–Crippen MR) is 72.2 cm³/mol. The molecule has 2 heterocycles. The van der Waals surface area contributed by atoms with Crippen LogP contribution in [0.3, 0.4) is 0 Å². The summed E-state index contributed by atoms with van der Waals surface area (Å²) in [6.07, 6.45) is 1.57. The van der Waals surface area contributed by atoms with E-state index in [0.29, 0.717) is 22.0 Å². The van der Waals surface area contributed by atoms with Crippen molar-refractivity contribution in [3.63, 3.8) is 0 Å². The summed E-state index contributed by atoms with van der Waals surface area (Å²) in [7, 11) is 0. The van der Waals surface area contributed by atoms with E-state index in [1.54, 1.807) is 18.3 Å². The van der Waals surface area contributed by atoms with E-state index in [9.17, 15) is 0 Å². The number of nitrogens with two attached hydrogens (primary N) is 1. The fraction of sp³-hybridized carbons (Fsp3) is 0. The van der Waals surface area contributed by atoms with Crippen molar-refractivity contribution in [2.45, 2.75) is 0 Å². The van der Waals surface area contributed by atoms with Crippen molar-refractivity contribution < 1.29 is 0 Å². The van der Waals surface area contributed by atoms with Gasteiger partial charge in [-0.2, -0.15) is 13.7 Å². The molecule has 0 radical (unpaired) electrons. The Labute approximate surface area is 111 Å². The van der Waals surface area contributed by atoms with E-state index < -0.39 is 0 Å². The van der Waals surface area contributed by atoms with Crippen molar-refractivity contribution in [1.29, 1.82) is 0 Å². The van der Waals surface area contributed by atoms with Gasteiger partial charge >= 0.3 is 0 Å². The van der Waals surface area contributed by atoms with E-state index in [1.807, 2.05) is 6.07 Å². The Kier molecular flexibility index (Phi) is 2.69. The summed E-state index contributed by atoms with van der Waals surface area (Å²) in [5.74, 6) is 0.754. The first-order valence-electron chi connectivity index (χ1n) is 5.00. The summed E-state index contributed by atoms with van der Waals surface area (Å²) in [5.41, 5.74) is 7.69. The summed E-state index contributed by atoms with van der Waals surface area (Å²) >= 11 is 7.28. The molecule has 0 aliphatic carbocycles. The predicted octanol–water partition coefficient (Wildman–Crippen LogP) is 2.46. The molecule has 3 N–H and O–H groups in total. The van der Waals surface area contributed by atoms with Crippen molar-refractivity contribution in [2.24, 2.45) is 0 Å². The van der Waals surface area contributed by atoms with Crippen LogP contribution in [-0.4, -0.2) is 18.7 Å². The number of hydrogen-bond acceptors (Lipinski definition) is 7. The standard InChI is InChI=1S/C10H7ClN6S/c11-5-1-2-6-9(17-18-16-6)8(5)14-7-3-4-13-10(12)15-7/h1-4H,(H3,12,13,14,15). The van der Waals surface area contributed by atoms with Gasteiger partial charge in [0, 0.05) is 6.20 Å². The lowest BCUT2D eigenvalue weighted by molar-refractivity contribution is 1.18.